The van der Waals surface area contributed by atoms with E-state index in [-0.39, 0.29) is 5.91 Å². The Morgan fingerprint density at radius 3 is 2.38 bits per heavy atom. The average molecular weight is 411 g/mol. The second-order valence-electron chi connectivity index (χ2n) is 6.44. The Morgan fingerprint density at radius 2 is 1.69 bits per heavy atom. The van der Waals surface area contributed by atoms with Crippen LogP contribution in [0, 0.1) is 0 Å². The fourth-order valence-electron chi connectivity index (χ4n) is 2.80. The van der Waals surface area contributed by atoms with Gasteiger partial charge in [-0.05, 0) is 31.2 Å². The number of benzene rings is 2. The molecule has 3 N–H and O–H groups in total. The minimum atomic E-state index is -0.786. The number of nitrogens with zero attached hydrogens (tertiary/aromatic N) is 1. The van der Waals surface area contributed by atoms with Crippen molar-refractivity contribution in [2.24, 2.45) is 0 Å². The first-order valence-corrected chi connectivity index (χ1v) is 9.26. The number of aromatic nitrogens is 1. The maximum absolute atomic E-state index is 12.8. The zero-order chi connectivity index (χ0) is 21.0. The smallest absolute Gasteiger partial charge is 0.270 e. The summed E-state index contributed by atoms with van der Waals surface area (Å²) in [6.07, 6.45) is 0. The van der Waals surface area contributed by atoms with Gasteiger partial charge in [-0.2, -0.15) is 0 Å². The number of hydrogen-bond donors (Lipinski definition) is 3. The summed E-state index contributed by atoms with van der Waals surface area (Å²) in [5.74, 6) is -1.38. The molecule has 3 aromatic rings. The molecule has 0 fully saturated rings. The summed E-state index contributed by atoms with van der Waals surface area (Å²) >= 11 is 5.95. The number of hydrogen-bond acceptors (Lipinski definition) is 4. The molecular weight excluding hydrogens is 392 g/mol. The van der Waals surface area contributed by atoms with Crippen molar-refractivity contribution in [2.45, 2.75) is 19.9 Å². The molecule has 1 heterocycles. The van der Waals surface area contributed by atoms with E-state index in [9.17, 15) is 14.4 Å². The van der Waals surface area contributed by atoms with Crippen LogP contribution in [0.4, 0.5) is 0 Å². The van der Waals surface area contributed by atoms with E-state index in [0.29, 0.717) is 27.2 Å². The SMILES string of the molecule is CC(=O)NC(C)C(=O)NNC(=O)c1cc(-c2ccc(Cl)cc2)nc2ccccc12. The van der Waals surface area contributed by atoms with Crippen LogP contribution in [0.1, 0.15) is 24.2 Å². The second kappa shape index (κ2) is 8.70. The largest absolute Gasteiger partial charge is 0.345 e. The highest BCUT2D eigenvalue weighted by Gasteiger charge is 2.17. The average Bonchev–Trinajstić information content (AvgIpc) is 2.71. The van der Waals surface area contributed by atoms with Gasteiger partial charge in [0, 0.05) is 22.9 Å². The molecule has 2 aromatic carbocycles. The molecule has 0 radical (unpaired) electrons. The minimum Gasteiger partial charge on any atom is -0.345 e. The summed E-state index contributed by atoms with van der Waals surface area (Å²) < 4.78 is 0. The van der Waals surface area contributed by atoms with Crippen LogP contribution < -0.4 is 16.2 Å². The molecule has 8 heteroatoms. The van der Waals surface area contributed by atoms with E-state index in [2.05, 4.69) is 21.2 Å². The predicted molar refractivity (Wildman–Crippen MR) is 111 cm³/mol. The quantitative estimate of drug-likeness (QED) is 0.576. The number of para-hydroxylation sites is 1. The molecule has 0 spiro atoms. The van der Waals surface area contributed by atoms with E-state index < -0.39 is 17.9 Å². The van der Waals surface area contributed by atoms with Crippen molar-refractivity contribution in [3.05, 3.63) is 65.2 Å². The lowest BCUT2D eigenvalue weighted by Gasteiger charge is -2.14. The van der Waals surface area contributed by atoms with Gasteiger partial charge in [-0.25, -0.2) is 4.98 Å². The van der Waals surface area contributed by atoms with Crippen molar-refractivity contribution in [1.82, 2.24) is 21.2 Å². The van der Waals surface area contributed by atoms with Gasteiger partial charge in [0.2, 0.25) is 5.91 Å². The van der Waals surface area contributed by atoms with E-state index in [1.807, 2.05) is 24.3 Å². The first-order valence-electron chi connectivity index (χ1n) is 8.88. The molecule has 0 saturated carbocycles. The van der Waals surface area contributed by atoms with E-state index in [4.69, 9.17) is 11.6 Å². The predicted octanol–water partition coefficient (Wildman–Crippen LogP) is 2.84. The first kappa shape index (κ1) is 20.3. The highest BCUT2D eigenvalue weighted by molar-refractivity contribution is 6.30. The van der Waals surface area contributed by atoms with Crippen LogP contribution in [0.25, 0.3) is 22.2 Å². The molecule has 1 aromatic heterocycles. The molecular formula is C21H19ClN4O3. The van der Waals surface area contributed by atoms with Gasteiger partial charge < -0.3 is 5.32 Å². The molecule has 148 valence electrons. The number of nitrogens with one attached hydrogen (secondary N) is 3. The maximum atomic E-state index is 12.8. The van der Waals surface area contributed by atoms with Gasteiger partial charge in [0.05, 0.1) is 16.8 Å². The van der Waals surface area contributed by atoms with Gasteiger partial charge in [-0.3, -0.25) is 25.2 Å². The molecule has 3 amide bonds. The van der Waals surface area contributed by atoms with Crippen LogP contribution in [0.15, 0.2) is 54.6 Å². The highest BCUT2D eigenvalue weighted by Crippen LogP contribution is 2.25. The van der Waals surface area contributed by atoms with Crippen molar-refractivity contribution >= 4 is 40.2 Å². The van der Waals surface area contributed by atoms with Gasteiger partial charge >= 0.3 is 0 Å². The van der Waals surface area contributed by atoms with Crippen LogP contribution in [-0.2, 0) is 9.59 Å². The monoisotopic (exact) mass is 410 g/mol. The minimum absolute atomic E-state index is 0.341. The third kappa shape index (κ3) is 4.89. The Kier molecular flexibility index (Phi) is 6.09. The summed E-state index contributed by atoms with van der Waals surface area (Å²) in [4.78, 5) is 40.5. The molecule has 1 atom stereocenters. The standard InChI is InChI=1S/C21H19ClN4O3/c1-12(23-13(2)27)20(28)25-26-21(29)17-11-19(14-7-9-15(22)10-8-14)24-18-6-4-3-5-16(17)18/h3-12H,1-2H3,(H,23,27)(H,25,28)(H,26,29). The van der Waals surface area contributed by atoms with Crippen molar-refractivity contribution in [3.63, 3.8) is 0 Å². The Balaban J connectivity index is 1.89. The van der Waals surface area contributed by atoms with E-state index in [0.717, 1.165) is 5.56 Å². The van der Waals surface area contributed by atoms with Crippen LogP contribution in [0.3, 0.4) is 0 Å². The zero-order valence-electron chi connectivity index (χ0n) is 15.8. The Bertz CT molecular complexity index is 1080. The summed E-state index contributed by atoms with van der Waals surface area (Å²) in [7, 11) is 0. The fourth-order valence-corrected chi connectivity index (χ4v) is 2.92. The van der Waals surface area contributed by atoms with Crippen molar-refractivity contribution in [2.75, 3.05) is 0 Å². The van der Waals surface area contributed by atoms with Gasteiger partial charge in [0.25, 0.3) is 11.8 Å². The normalized spacial score (nSPS) is 11.6. The van der Waals surface area contributed by atoms with Gasteiger partial charge in [0.1, 0.15) is 6.04 Å². The second-order valence-corrected chi connectivity index (χ2v) is 6.88. The van der Waals surface area contributed by atoms with Gasteiger partial charge in [-0.15, -0.1) is 0 Å². The number of hydrazine groups is 1. The van der Waals surface area contributed by atoms with Crippen molar-refractivity contribution in [3.8, 4) is 11.3 Å². The zero-order valence-corrected chi connectivity index (χ0v) is 16.6. The van der Waals surface area contributed by atoms with E-state index in [1.165, 1.54) is 13.8 Å². The van der Waals surface area contributed by atoms with E-state index in [1.54, 1.807) is 30.3 Å². The maximum Gasteiger partial charge on any atom is 0.270 e. The first-order chi connectivity index (χ1) is 13.8. The third-order valence-corrected chi connectivity index (χ3v) is 4.47. The summed E-state index contributed by atoms with van der Waals surface area (Å²) in [5.41, 5.74) is 7.12. The number of pyridine rings is 1. The van der Waals surface area contributed by atoms with Crippen molar-refractivity contribution in [1.29, 1.82) is 0 Å². The number of halogens is 1. The summed E-state index contributed by atoms with van der Waals surface area (Å²) in [5, 5.41) is 3.69. The number of rotatable bonds is 4. The lowest BCUT2D eigenvalue weighted by Crippen LogP contribution is -2.50. The molecule has 3 rings (SSSR count). The van der Waals surface area contributed by atoms with Crippen LogP contribution >= 0.6 is 11.6 Å². The highest BCUT2D eigenvalue weighted by atomic mass is 35.5. The van der Waals surface area contributed by atoms with Gasteiger partial charge in [0.15, 0.2) is 0 Å². The fraction of sp³-hybridized carbons (Fsp3) is 0.143. The number of fused-ring (bicyclic) bond motifs is 1. The summed E-state index contributed by atoms with van der Waals surface area (Å²) in [6, 6.07) is 15.2. The molecule has 7 nitrogen and oxygen atoms in total. The van der Waals surface area contributed by atoms with Crippen LogP contribution in [-0.4, -0.2) is 28.7 Å². The third-order valence-electron chi connectivity index (χ3n) is 4.21. The van der Waals surface area contributed by atoms with Crippen LogP contribution in [0.5, 0.6) is 0 Å². The lowest BCUT2D eigenvalue weighted by molar-refractivity contribution is -0.128. The molecule has 0 aliphatic heterocycles. The van der Waals surface area contributed by atoms with Crippen LogP contribution in [0.2, 0.25) is 5.02 Å². The topological polar surface area (TPSA) is 100 Å². The summed E-state index contributed by atoms with van der Waals surface area (Å²) in [6.45, 7) is 2.83. The number of carbonyl (C=O) groups excluding carboxylic acids is 3. The molecule has 0 aliphatic rings. The molecule has 1 unspecified atom stereocenters. The lowest BCUT2D eigenvalue weighted by atomic mass is 10.0. The Labute approximate surface area is 172 Å². The number of amides is 3. The molecule has 0 saturated heterocycles. The molecule has 0 aliphatic carbocycles. The molecule has 0 bridgehead atoms. The molecule has 29 heavy (non-hydrogen) atoms. The van der Waals surface area contributed by atoms with Crippen molar-refractivity contribution < 1.29 is 14.4 Å². The van der Waals surface area contributed by atoms with Gasteiger partial charge in [-0.1, -0.05) is 41.9 Å². The van der Waals surface area contributed by atoms with E-state index >= 15 is 0 Å². The number of carbonyl (C=O) groups is 3. The Morgan fingerprint density at radius 1 is 1.00 bits per heavy atom. The Hall–Kier alpha value is -3.45.